The number of amides is 1. The van der Waals surface area contributed by atoms with Crippen molar-refractivity contribution in [2.24, 2.45) is 0 Å². The zero-order chi connectivity index (χ0) is 19.8. The zero-order valence-corrected chi connectivity index (χ0v) is 16.6. The summed E-state index contributed by atoms with van der Waals surface area (Å²) in [4.78, 5) is 21.4. The summed E-state index contributed by atoms with van der Waals surface area (Å²) in [6.45, 7) is 5.72. The van der Waals surface area contributed by atoms with E-state index in [1.165, 1.54) is 5.69 Å². The third-order valence-electron chi connectivity index (χ3n) is 4.84. The van der Waals surface area contributed by atoms with Crippen LogP contribution in [-0.2, 0) is 4.74 Å². The summed E-state index contributed by atoms with van der Waals surface area (Å²) in [7, 11) is 3.84. The summed E-state index contributed by atoms with van der Waals surface area (Å²) in [5.74, 6) is -0.210. The lowest BCUT2D eigenvalue weighted by molar-refractivity contribution is 0.102. The average Bonchev–Trinajstić information content (AvgIpc) is 2.73. The van der Waals surface area contributed by atoms with Crippen molar-refractivity contribution >= 4 is 23.0 Å². The number of nitrogens with one attached hydrogen (secondary N) is 2. The Morgan fingerprint density at radius 2 is 1.79 bits per heavy atom. The van der Waals surface area contributed by atoms with Crippen molar-refractivity contribution in [1.82, 2.24) is 9.88 Å². The summed E-state index contributed by atoms with van der Waals surface area (Å²) in [5, 5.41) is 6.16. The van der Waals surface area contributed by atoms with Crippen LogP contribution in [0.3, 0.4) is 0 Å². The second kappa shape index (κ2) is 10.1. The quantitative estimate of drug-likeness (QED) is 0.683. The molecule has 0 aliphatic carbocycles. The maximum absolute atomic E-state index is 12.4. The topological polar surface area (TPSA) is 69.7 Å². The molecular formula is C21H29N5O2. The van der Waals surface area contributed by atoms with E-state index < -0.39 is 0 Å². The van der Waals surface area contributed by atoms with Gasteiger partial charge in [0, 0.05) is 57.8 Å². The van der Waals surface area contributed by atoms with Gasteiger partial charge in [-0.15, -0.1) is 0 Å². The van der Waals surface area contributed by atoms with Crippen LogP contribution in [-0.4, -0.2) is 69.3 Å². The summed E-state index contributed by atoms with van der Waals surface area (Å²) < 4.78 is 5.02. The number of methoxy groups -OCH3 is 1. The third-order valence-corrected chi connectivity index (χ3v) is 4.84. The van der Waals surface area contributed by atoms with Gasteiger partial charge >= 0.3 is 0 Å². The van der Waals surface area contributed by atoms with E-state index in [1.807, 2.05) is 18.2 Å². The second-order valence-electron chi connectivity index (χ2n) is 7.00. The molecule has 2 N–H and O–H groups in total. The van der Waals surface area contributed by atoms with Gasteiger partial charge in [0.05, 0.1) is 11.9 Å². The first-order valence-electron chi connectivity index (χ1n) is 9.69. The number of carbonyl (C=O) groups is 1. The van der Waals surface area contributed by atoms with Crippen molar-refractivity contribution in [2.45, 2.75) is 6.42 Å². The molecule has 1 aliphatic heterocycles. The Morgan fingerprint density at radius 1 is 1.07 bits per heavy atom. The fraction of sp³-hybridized carbons (Fsp3) is 0.429. The highest BCUT2D eigenvalue weighted by Gasteiger charge is 2.14. The van der Waals surface area contributed by atoms with Gasteiger partial charge in [-0.3, -0.25) is 4.79 Å². The molecule has 7 nitrogen and oxygen atoms in total. The van der Waals surface area contributed by atoms with E-state index in [4.69, 9.17) is 4.74 Å². The summed E-state index contributed by atoms with van der Waals surface area (Å²) >= 11 is 0. The van der Waals surface area contributed by atoms with Crippen LogP contribution in [0.2, 0.25) is 0 Å². The number of hydrogen-bond donors (Lipinski definition) is 2. The summed E-state index contributed by atoms with van der Waals surface area (Å²) in [6, 6.07) is 11.6. The molecule has 28 heavy (non-hydrogen) atoms. The summed E-state index contributed by atoms with van der Waals surface area (Å²) in [6.07, 6.45) is 2.60. The molecule has 2 heterocycles. The Bertz CT molecular complexity index is 740. The minimum Gasteiger partial charge on any atom is -0.385 e. The Hall–Kier alpha value is -2.64. The Labute approximate surface area is 166 Å². The molecule has 2 aromatic rings. The van der Waals surface area contributed by atoms with Crippen LogP contribution in [0.4, 0.5) is 17.1 Å². The average molecular weight is 383 g/mol. The number of piperazine rings is 1. The van der Waals surface area contributed by atoms with Gasteiger partial charge in [0.2, 0.25) is 0 Å². The van der Waals surface area contributed by atoms with Gasteiger partial charge in [-0.1, -0.05) is 0 Å². The molecule has 0 saturated carbocycles. The van der Waals surface area contributed by atoms with Gasteiger partial charge in [-0.25, -0.2) is 4.98 Å². The number of likely N-dealkylation sites (N-methyl/N-ethyl adjacent to an activating group) is 1. The lowest BCUT2D eigenvalue weighted by atomic mass is 10.2. The highest BCUT2D eigenvalue weighted by molar-refractivity contribution is 6.03. The number of nitrogens with zero attached hydrogens (tertiary/aromatic N) is 3. The van der Waals surface area contributed by atoms with Gasteiger partial charge in [0.1, 0.15) is 5.69 Å². The van der Waals surface area contributed by atoms with E-state index in [0.717, 1.165) is 50.5 Å². The molecule has 0 atom stereocenters. The fourth-order valence-corrected chi connectivity index (χ4v) is 3.10. The van der Waals surface area contributed by atoms with Crippen molar-refractivity contribution in [3.05, 3.63) is 48.3 Å². The van der Waals surface area contributed by atoms with Crippen molar-refractivity contribution in [3.8, 4) is 0 Å². The molecule has 7 heteroatoms. The fourth-order valence-electron chi connectivity index (χ4n) is 3.10. The van der Waals surface area contributed by atoms with E-state index in [-0.39, 0.29) is 5.91 Å². The second-order valence-corrected chi connectivity index (χ2v) is 7.00. The molecule has 0 unspecified atom stereocenters. The molecule has 1 aromatic carbocycles. The van der Waals surface area contributed by atoms with Crippen molar-refractivity contribution in [3.63, 3.8) is 0 Å². The van der Waals surface area contributed by atoms with Gasteiger partial charge in [-0.2, -0.15) is 0 Å². The van der Waals surface area contributed by atoms with E-state index >= 15 is 0 Å². The van der Waals surface area contributed by atoms with E-state index in [9.17, 15) is 4.79 Å². The van der Waals surface area contributed by atoms with Crippen LogP contribution in [0.15, 0.2) is 42.6 Å². The van der Waals surface area contributed by atoms with Crippen molar-refractivity contribution in [2.75, 3.05) is 69.0 Å². The van der Waals surface area contributed by atoms with Crippen LogP contribution < -0.4 is 15.5 Å². The lowest BCUT2D eigenvalue weighted by Crippen LogP contribution is -2.44. The zero-order valence-electron chi connectivity index (χ0n) is 16.6. The number of aromatic nitrogens is 1. The first kappa shape index (κ1) is 20.1. The minimum absolute atomic E-state index is 0.210. The first-order chi connectivity index (χ1) is 13.7. The van der Waals surface area contributed by atoms with Gasteiger partial charge < -0.3 is 25.2 Å². The number of rotatable bonds is 8. The predicted molar refractivity (Wildman–Crippen MR) is 113 cm³/mol. The molecule has 1 amide bonds. The molecule has 1 aromatic heterocycles. The Balaban J connectivity index is 1.51. The molecule has 1 fully saturated rings. The highest BCUT2D eigenvalue weighted by atomic mass is 16.5. The molecule has 0 bridgehead atoms. The first-order valence-corrected chi connectivity index (χ1v) is 9.69. The highest BCUT2D eigenvalue weighted by Crippen LogP contribution is 2.19. The Kier molecular flexibility index (Phi) is 7.22. The molecule has 0 spiro atoms. The molecule has 1 saturated heterocycles. The van der Waals surface area contributed by atoms with Crippen molar-refractivity contribution in [1.29, 1.82) is 0 Å². The minimum atomic E-state index is -0.210. The van der Waals surface area contributed by atoms with E-state index in [1.54, 1.807) is 19.4 Å². The standard InChI is InChI=1S/C21H29N5O2/c1-25-11-13-26(14-12-25)19-7-4-17(5-8-19)24-21(27)20-9-6-18(16-23-20)22-10-3-15-28-2/h4-9,16,22H,3,10-15H2,1-2H3,(H,24,27). The molecule has 3 rings (SSSR count). The molecule has 1 aliphatic rings. The smallest absolute Gasteiger partial charge is 0.274 e. The van der Waals surface area contributed by atoms with Crippen LogP contribution in [0.5, 0.6) is 0 Å². The lowest BCUT2D eigenvalue weighted by Gasteiger charge is -2.34. The predicted octanol–water partition coefficient (Wildman–Crippen LogP) is 2.53. The van der Waals surface area contributed by atoms with Crippen molar-refractivity contribution < 1.29 is 9.53 Å². The van der Waals surface area contributed by atoms with Gasteiger partial charge in [0.25, 0.3) is 5.91 Å². The largest absolute Gasteiger partial charge is 0.385 e. The maximum Gasteiger partial charge on any atom is 0.274 e. The van der Waals surface area contributed by atoms with Gasteiger partial charge in [0.15, 0.2) is 0 Å². The molecule has 0 radical (unpaired) electrons. The van der Waals surface area contributed by atoms with Gasteiger partial charge in [-0.05, 0) is 49.9 Å². The number of hydrogen-bond acceptors (Lipinski definition) is 6. The molecular weight excluding hydrogens is 354 g/mol. The maximum atomic E-state index is 12.4. The number of carbonyl (C=O) groups excluding carboxylic acids is 1. The Morgan fingerprint density at radius 3 is 2.43 bits per heavy atom. The number of benzene rings is 1. The molecule has 150 valence electrons. The third kappa shape index (κ3) is 5.68. The monoisotopic (exact) mass is 383 g/mol. The number of anilines is 3. The van der Waals surface area contributed by atoms with Crippen LogP contribution in [0, 0.1) is 0 Å². The number of pyridine rings is 1. The van der Waals surface area contributed by atoms with E-state index in [0.29, 0.717) is 12.3 Å². The van der Waals surface area contributed by atoms with Crippen LogP contribution in [0.25, 0.3) is 0 Å². The number of ether oxygens (including phenoxy) is 1. The SMILES string of the molecule is COCCCNc1ccc(C(=O)Nc2ccc(N3CCN(C)CC3)cc2)nc1. The van der Waals surface area contributed by atoms with Crippen LogP contribution >= 0.6 is 0 Å². The van der Waals surface area contributed by atoms with Crippen LogP contribution in [0.1, 0.15) is 16.9 Å². The van der Waals surface area contributed by atoms with E-state index in [2.05, 4.69) is 44.6 Å². The summed E-state index contributed by atoms with van der Waals surface area (Å²) in [5.41, 5.74) is 3.24. The normalized spacial score (nSPS) is 14.7.